The van der Waals surface area contributed by atoms with Gasteiger partial charge in [0.1, 0.15) is 5.69 Å². The number of aromatic nitrogens is 2. The second-order valence-corrected chi connectivity index (χ2v) is 5.00. The number of aryl methyl sites for hydroxylation is 2. The molecule has 1 unspecified atom stereocenters. The van der Waals surface area contributed by atoms with Gasteiger partial charge in [-0.05, 0) is 38.2 Å². The quantitative estimate of drug-likeness (QED) is 0.309. The minimum atomic E-state index is -0.405. The van der Waals surface area contributed by atoms with Crippen LogP contribution in [0, 0.1) is 5.92 Å². The first-order chi connectivity index (χ1) is 9.60. The number of nitrogens with zero attached hydrogens (tertiary/aromatic N) is 3. The molecule has 7 heteroatoms. The number of hydrogen-bond donors (Lipinski definition) is 3. The van der Waals surface area contributed by atoms with Crippen molar-refractivity contribution in [3.8, 4) is 0 Å². The minimum Gasteiger partial charge on any atom is -0.409 e. The molecule has 1 aliphatic carbocycles. The van der Waals surface area contributed by atoms with E-state index in [2.05, 4.69) is 15.6 Å². The van der Waals surface area contributed by atoms with Crippen LogP contribution in [0.5, 0.6) is 0 Å². The Morgan fingerprint density at radius 3 is 2.85 bits per heavy atom. The minimum absolute atomic E-state index is 0.0547. The van der Waals surface area contributed by atoms with Gasteiger partial charge in [0, 0.05) is 6.54 Å². The van der Waals surface area contributed by atoms with Gasteiger partial charge in [0.2, 0.25) is 0 Å². The van der Waals surface area contributed by atoms with Crippen LogP contribution in [0.3, 0.4) is 0 Å². The molecule has 110 valence electrons. The number of amidine groups is 1. The van der Waals surface area contributed by atoms with Gasteiger partial charge in [0.25, 0.3) is 5.91 Å². The van der Waals surface area contributed by atoms with Gasteiger partial charge >= 0.3 is 0 Å². The van der Waals surface area contributed by atoms with E-state index in [9.17, 15) is 4.79 Å². The van der Waals surface area contributed by atoms with Crippen molar-refractivity contribution in [2.75, 3.05) is 0 Å². The fourth-order valence-electron chi connectivity index (χ4n) is 2.21. The van der Waals surface area contributed by atoms with Crippen LogP contribution >= 0.6 is 0 Å². The van der Waals surface area contributed by atoms with Gasteiger partial charge in [-0.25, -0.2) is 0 Å². The molecule has 0 aromatic carbocycles. The average molecular weight is 279 g/mol. The molecule has 20 heavy (non-hydrogen) atoms. The highest BCUT2D eigenvalue weighted by molar-refractivity contribution is 5.97. The number of nitrogens with two attached hydrogens (primary N) is 1. The average Bonchev–Trinajstić information content (AvgIpc) is 3.21. The maximum absolute atomic E-state index is 12.4. The van der Waals surface area contributed by atoms with E-state index in [0.717, 1.165) is 25.0 Å². The molecule has 1 atom stereocenters. The molecular formula is C13H21N5O2. The summed E-state index contributed by atoms with van der Waals surface area (Å²) >= 11 is 0. The molecule has 1 aliphatic rings. The molecule has 0 bridgehead atoms. The van der Waals surface area contributed by atoms with Crippen molar-refractivity contribution in [3.05, 3.63) is 17.5 Å². The predicted molar refractivity (Wildman–Crippen MR) is 74.7 cm³/mol. The number of hydrogen-bond acceptors (Lipinski definition) is 4. The summed E-state index contributed by atoms with van der Waals surface area (Å²) in [4.78, 5) is 12.4. The van der Waals surface area contributed by atoms with Crippen LogP contribution in [0.1, 0.15) is 42.9 Å². The number of rotatable bonds is 6. The number of carbonyl (C=O) groups excluding carboxylic acids is 1. The van der Waals surface area contributed by atoms with Gasteiger partial charge in [-0.15, -0.1) is 0 Å². The second kappa shape index (κ2) is 5.94. The standard InChI is InChI=1S/C13H21N5O2/c1-3-9-7-10(18(4-2)16-9)13(19)15-11(8-5-6-8)12(14)17-20/h7-8,11,20H,3-6H2,1-2H3,(H2,14,17)(H,15,19). The van der Waals surface area contributed by atoms with Gasteiger partial charge in [-0.3, -0.25) is 9.48 Å². The Morgan fingerprint density at radius 1 is 1.65 bits per heavy atom. The lowest BCUT2D eigenvalue weighted by atomic mass is 10.1. The number of amides is 1. The predicted octanol–water partition coefficient (Wildman–Crippen LogP) is 0.720. The van der Waals surface area contributed by atoms with Crippen LogP contribution in [0.25, 0.3) is 0 Å². The van der Waals surface area contributed by atoms with Crippen LogP contribution in [-0.2, 0) is 13.0 Å². The summed E-state index contributed by atoms with van der Waals surface area (Å²) < 4.78 is 1.67. The van der Waals surface area contributed by atoms with Crippen LogP contribution < -0.4 is 11.1 Å². The van der Waals surface area contributed by atoms with Crippen LogP contribution in [0.2, 0.25) is 0 Å². The van der Waals surface area contributed by atoms with Gasteiger partial charge in [-0.2, -0.15) is 5.10 Å². The maximum atomic E-state index is 12.4. The van der Waals surface area contributed by atoms with E-state index in [4.69, 9.17) is 10.9 Å². The topological polar surface area (TPSA) is 106 Å². The third-order valence-corrected chi connectivity index (χ3v) is 3.54. The Labute approximate surface area is 117 Å². The Hall–Kier alpha value is -2.05. The summed E-state index contributed by atoms with van der Waals surface area (Å²) in [7, 11) is 0. The highest BCUT2D eigenvalue weighted by atomic mass is 16.4. The second-order valence-electron chi connectivity index (χ2n) is 5.00. The largest absolute Gasteiger partial charge is 0.409 e. The molecule has 1 aromatic heterocycles. The summed E-state index contributed by atoms with van der Waals surface area (Å²) in [5.41, 5.74) is 7.04. The van der Waals surface area contributed by atoms with E-state index in [1.807, 2.05) is 13.8 Å². The van der Waals surface area contributed by atoms with Crippen molar-refractivity contribution in [1.29, 1.82) is 0 Å². The van der Waals surface area contributed by atoms with Crippen molar-refractivity contribution in [2.45, 2.75) is 45.7 Å². The molecule has 2 rings (SSSR count). The van der Waals surface area contributed by atoms with E-state index in [-0.39, 0.29) is 17.7 Å². The third kappa shape index (κ3) is 2.92. The highest BCUT2D eigenvalue weighted by Crippen LogP contribution is 2.32. The first kappa shape index (κ1) is 14.4. The van der Waals surface area contributed by atoms with Crippen molar-refractivity contribution in [2.24, 2.45) is 16.8 Å². The van der Waals surface area contributed by atoms with Gasteiger partial charge < -0.3 is 16.3 Å². The van der Waals surface area contributed by atoms with Crippen molar-refractivity contribution < 1.29 is 10.0 Å². The number of oxime groups is 1. The lowest BCUT2D eigenvalue weighted by Gasteiger charge is -2.16. The fraction of sp³-hybridized carbons (Fsp3) is 0.615. The Bertz CT molecular complexity index is 519. The van der Waals surface area contributed by atoms with Crippen LogP contribution in [0.15, 0.2) is 11.2 Å². The molecule has 1 saturated carbocycles. The molecule has 1 fully saturated rings. The smallest absolute Gasteiger partial charge is 0.270 e. The fourth-order valence-corrected chi connectivity index (χ4v) is 2.21. The lowest BCUT2D eigenvalue weighted by molar-refractivity contribution is 0.0932. The zero-order valence-electron chi connectivity index (χ0n) is 11.8. The molecule has 7 nitrogen and oxygen atoms in total. The van der Waals surface area contributed by atoms with Crippen molar-refractivity contribution in [3.63, 3.8) is 0 Å². The zero-order chi connectivity index (χ0) is 14.7. The van der Waals surface area contributed by atoms with E-state index in [1.165, 1.54) is 0 Å². The number of carbonyl (C=O) groups is 1. The molecule has 4 N–H and O–H groups in total. The molecule has 0 radical (unpaired) electrons. The Kier molecular flexibility index (Phi) is 4.26. The number of nitrogens with one attached hydrogen (secondary N) is 1. The molecular weight excluding hydrogens is 258 g/mol. The SMILES string of the molecule is CCc1cc(C(=O)NC(C(N)=NO)C2CC2)n(CC)n1. The molecule has 1 amide bonds. The van der Waals surface area contributed by atoms with Gasteiger partial charge in [0.15, 0.2) is 5.84 Å². The summed E-state index contributed by atoms with van der Waals surface area (Å²) in [5.74, 6) is 0.0835. The van der Waals surface area contributed by atoms with Gasteiger partial charge in [0.05, 0.1) is 11.7 Å². The van der Waals surface area contributed by atoms with E-state index in [1.54, 1.807) is 10.7 Å². The van der Waals surface area contributed by atoms with E-state index in [0.29, 0.717) is 12.2 Å². The summed E-state index contributed by atoms with van der Waals surface area (Å²) in [6.07, 6.45) is 2.74. The third-order valence-electron chi connectivity index (χ3n) is 3.54. The normalized spacial score (nSPS) is 17.0. The molecule has 0 spiro atoms. The lowest BCUT2D eigenvalue weighted by Crippen LogP contribution is -2.46. The maximum Gasteiger partial charge on any atom is 0.270 e. The summed E-state index contributed by atoms with van der Waals surface area (Å²) in [5, 5.41) is 19.0. The van der Waals surface area contributed by atoms with Crippen molar-refractivity contribution >= 4 is 11.7 Å². The Balaban J connectivity index is 2.16. The van der Waals surface area contributed by atoms with E-state index >= 15 is 0 Å². The van der Waals surface area contributed by atoms with E-state index < -0.39 is 6.04 Å². The zero-order valence-corrected chi connectivity index (χ0v) is 11.8. The molecule has 1 heterocycles. The first-order valence-electron chi connectivity index (χ1n) is 6.95. The van der Waals surface area contributed by atoms with Crippen LogP contribution in [0.4, 0.5) is 0 Å². The molecule has 0 saturated heterocycles. The van der Waals surface area contributed by atoms with Gasteiger partial charge in [-0.1, -0.05) is 12.1 Å². The molecule has 1 aromatic rings. The van der Waals surface area contributed by atoms with Crippen LogP contribution in [-0.4, -0.2) is 32.8 Å². The Morgan fingerprint density at radius 2 is 2.35 bits per heavy atom. The first-order valence-corrected chi connectivity index (χ1v) is 6.95. The monoisotopic (exact) mass is 279 g/mol. The summed E-state index contributed by atoms with van der Waals surface area (Å²) in [6.45, 7) is 4.55. The molecule has 0 aliphatic heterocycles. The summed E-state index contributed by atoms with van der Waals surface area (Å²) in [6, 6.07) is 1.38. The highest BCUT2D eigenvalue weighted by Gasteiger charge is 2.35. The van der Waals surface area contributed by atoms with Crippen molar-refractivity contribution in [1.82, 2.24) is 15.1 Å².